The van der Waals surface area contributed by atoms with Crippen molar-refractivity contribution in [2.75, 3.05) is 19.6 Å². The van der Waals surface area contributed by atoms with Crippen molar-refractivity contribution >= 4 is 23.0 Å². The molecule has 2 rings (SSSR count). The van der Waals surface area contributed by atoms with Crippen molar-refractivity contribution in [3.8, 4) is 0 Å². The number of hydrogen-bond acceptors (Lipinski definition) is 4. The molecule has 0 radical (unpaired) electrons. The highest BCUT2D eigenvalue weighted by Crippen LogP contribution is 2.19. The molecule has 1 atom stereocenters. The Morgan fingerprint density at radius 1 is 1.56 bits per heavy atom. The molecule has 0 spiro atoms. The lowest BCUT2D eigenvalue weighted by Crippen LogP contribution is -2.31. The van der Waals surface area contributed by atoms with Gasteiger partial charge >= 0.3 is 0 Å². The summed E-state index contributed by atoms with van der Waals surface area (Å²) in [7, 11) is 0. The molecule has 0 aliphatic carbocycles. The molecule has 2 heterocycles. The normalized spacial score (nSPS) is 19.2. The Kier molecular flexibility index (Phi) is 4.14. The van der Waals surface area contributed by atoms with Gasteiger partial charge in [-0.1, -0.05) is 0 Å². The van der Waals surface area contributed by atoms with Crippen LogP contribution in [0.4, 0.5) is 0 Å². The van der Waals surface area contributed by atoms with E-state index in [9.17, 15) is 9.59 Å². The maximum Gasteiger partial charge on any atom is 0.227 e. The van der Waals surface area contributed by atoms with Crippen LogP contribution < -0.4 is 5.73 Å². The molecule has 5 heteroatoms. The monoisotopic (exact) mass is 266 g/mol. The maximum atomic E-state index is 12.1. The minimum Gasteiger partial charge on any atom is -0.342 e. The highest BCUT2D eigenvalue weighted by atomic mass is 32.1. The van der Waals surface area contributed by atoms with E-state index in [1.807, 2.05) is 16.3 Å². The van der Waals surface area contributed by atoms with Crippen LogP contribution in [0, 0.1) is 5.92 Å². The van der Waals surface area contributed by atoms with Crippen LogP contribution in [0.15, 0.2) is 11.4 Å². The largest absolute Gasteiger partial charge is 0.342 e. The van der Waals surface area contributed by atoms with Crippen molar-refractivity contribution in [3.05, 3.63) is 21.9 Å². The molecule has 18 heavy (non-hydrogen) atoms. The van der Waals surface area contributed by atoms with E-state index in [-0.39, 0.29) is 11.7 Å². The number of Topliss-reactive ketones (excluding diaryl/α,β-unsaturated/α-hetero) is 1. The molecule has 0 saturated carbocycles. The lowest BCUT2D eigenvalue weighted by Gasteiger charge is -2.15. The van der Waals surface area contributed by atoms with E-state index < -0.39 is 0 Å². The summed E-state index contributed by atoms with van der Waals surface area (Å²) in [6.45, 7) is 3.78. The molecular formula is C13H18N2O2S. The zero-order valence-electron chi connectivity index (χ0n) is 10.5. The molecule has 1 amide bonds. The average Bonchev–Trinajstić information content (AvgIpc) is 2.96. The van der Waals surface area contributed by atoms with Crippen molar-refractivity contribution in [1.82, 2.24) is 4.90 Å². The van der Waals surface area contributed by atoms with E-state index in [1.54, 1.807) is 6.92 Å². The van der Waals surface area contributed by atoms with Gasteiger partial charge in [0, 0.05) is 13.1 Å². The zero-order valence-corrected chi connectivity index (χ0v) is 11.3. The molecule has 98 valence electrons. The smallest absolute Gasteiger partial charge is 0.227 e. The maximum absolute atomic E-state index is 12.1. The first-order valence-electron chi connectivity index (χ1n) is 6.16. The molecule has 0 aromatic carbocycles. The Balaban J connectivity index is 1.93. The number of amides is 1. The molecule has 1 aliphatic rings. The number of nitrogens with zero attached hydrogens (tertiary/aromatic N) is 1. The van der Waals surface area contributed by atoms with Gasteiger partial charge in [0.1, 0.15) is 0 Å². The van der Waals surface area contributed by atoms with Crippen LogP contribution in [-0.4, -0.2) is 36.2 Å². The quantitative estimate of drug-likeness (QED) is 0.836. The summed E-state index contributed by atoms with van der Waals surface area (Å²) in [5.41, 5.74) is 6.55. The van der Waals surface area contributed by atoms with Crippen LogP contribution in [0.25, 0.3) is 0 Å². The molecule has 1 fully saturated rings. The van der Waals surface area contributed by atoms with Gasteiger partial charge in [-0.3, -0.25) is 9.59 Å². The summed E-state index contributed by atoms with van der Waals surface area (Å²) in [6, 6.07) is 1.82. The number of carbonyl (C=O) groups excluding carboxylic acids is 2. The highest BCUT2D eigenvalue weighted by Gasteiger charge is 2.25. The van der Waals surface area contributed by atoms with Crippen LogP contribution in [-0.2, 0) is 11.2 Å². The van der Waals surface area contributed by atoms with Crippen molar-refractivity contribution in [2.45, 2.75) is 19.8 Å². The first-order valence-corrected chi connectivity index (χ1v) is 7.04. The van der Waals surface area contributed by atoms with Crippen LogP contribution >= 0.6 is 11.3 Å². The zero-order chi connectivity index (χ0) is 13.1. The van der Waals surface area contributed by atoms with Gasteiger partial charge in [-0.15, -0.1) is 11.3 Å². The van der Waals surface area contributed by atoms with Gasteiger partial charge in [0.05, 0.1) is 11.3 Å². The fraction of sp³-hybridized carbons (Fsp3) is 0.538. The third kappa shape index (κ3) is 2.97. The third-order valence-corrected chi connectivity index (χ3v) is 4.41. The van der Waals surface area contributed by atoms with Crippen LogP contribution in [0.2, 0.25) is 0 Å². The Bertz CT molecular complexity index is 456. The molecule has 1 saturated heterocycles. The number of rotatable bonds is 4. The number of thiophene rings is 1. The minimum absolute atomic E-state index is 0.0584. The average molecular weight is 266 g/mol. The third-order valence-electron chi connectivity index (χ3n) is 3.33. The molecular weight excluding hydrogens is 248 g/mol. The predicted octanol–water partition coefficient (Wildman–Crippen LogP) is 1.30. The summed E-state index contributed by atoms with van der Waals surface area (Å²) in [6.07, 6.45) is 1.39. The summed E-state index contributed by atoms with van der Waals surface area (Å²) in [4.78, 5) is 25.8. The predicted molar refractivity (Wildman–Crippen MR) is 71.8 cm³/mol. The number of hydrogen-bond donors (Lipinski definition) is 1. The first kappa shape index (κ1) is 13.2. The first-order chi connectivity index (χ1) is 8.60. The lowest BCUT2D eigenvalue weighted by atomic mass is 10.1. The standard InChI is InChI=1S/C13H18N2O2S/c1-9(16)12-4-11(8-18-12)5-13(17)15-3-2-10(6-14)7-15/h4,8,10H,2-3,5-7,14H2,1H3. The van der Waals surface area contributed by atoms with E-state index >= 15 is 0 Å². The van der Waals surface area contributed by atoms with E-state index in [0.717, 1.165) is 30.0 Å². The molecule has 1 unspecified atom stereocenters. The molecule has 1 aliphatic heterocycles. The van der Waals surface area contributed by atoms with Gasteiger partial charge in [0.25, 0.3) is 0 Å². The minimum atomic E-state index is 0.0584. The fourth-order valence-corrected chi connectivity index (χ4v) is 3.01. The highest BCUT2D eigenvalue weighted by molar-refractivity contribution is 7.12. The van der Waals surface area contributed by atoms with Crippen LogP contribution in [0.1, 0.15) is 28.6 Å². The number of nitrogens with two attached hydrogens (primary N) is 1. The van der Waals surface area contributed by atoms with E-state index in [0.29, 0.717) is 18.9 Å². The van der Waals surface area contributed by atoms with Crippen molar-refractivity contribution in [1.29, 1.82) is 0 Å². The van der Waals surface area contributed by atoms with Gasteiger partial charge in [-0.2, -0.15) is 0 Å². The van der Waals surface area contributed by atoms with Gasteiger partial charge in [0.15, 0.2) is 5.78 Å². The van der Waals surface area contributed by atoms with Crippen molar-refractivity contribution in [3.63, 3.8) is 0 Å². The Morgan fingerprint density at radius 3 is 2.89 bits per heavy atom. The fourth-order valence-electron chi connectivity index (χ4n) is 2.19. The topological polar surface area (TPSA) is 63.4 Å². The Hall–Kier alpha value is -1.20. The summed E-state index contributed by atoms with van der Waals surface area (Å²) in [5.74, 6) is 0.645. The van der Waals surface area contributed by atoms with E-state index in [1.165, 1.54) is 11.3 Å². The SMILES string of the molecule is CC(=O)c1cc(CC(=O)N2CCC(CN)C2)cs1. The van der Waals surface area contributed by atoms with Crippen molar-refractivity contribution < 1.29 is 9.59 Å². The molecule has 2 N–H and O–H groups in total. The second-order valence-electron chi connectivity index (χ2n) is 4.78. The summed E-state index contributed by atoms with van der Waals surface area (Å²) in [5, 5.41) is 1.89. The van der Waals surface area contributed by atoms with Crippen LogP contribution in [0.5, 0.6) is 0 Å². The molecule has 1 aromatic rings. The lowest BCUT2D eigenvalue weighted by molar-refractivity contribution is -0.129. The van der Waals surface area contributed by atoms with Gasteiger partial charge in [-0.05, 0) is 42.8 Å². The van der Waals surface area contributed by atoms with Gasteiger partial charge in [-0.25, -0.2) is 0 Å². The Labute approximate surface area is 111 Å². The molecule has 0 bridgehead atoms. The molecule has 4 nitrogen and oxygen atoms in total. The summed E-state index contributed by atoms with van der Waals surface area (Å²) >= 11 is 1.41. The number of likely N-dealkylation sites (tertiary alicyclic amines) is 1. The van der Waals surface area contributed by atoms with Crippen molar-refractivity contribution in [2.24, 2.45) is 11.7 Å². The van der Waals surface area contributed by atoms with Crippen LogP contribution in [0.3, 0.4) is 0 Å². The van der Waals surface area contributed by atoms with Gasteiger partial charge < -0.3 is 10.6 Å². The number of ketones is 1. The van der Waals surface area contributed by atoms with E-state index in [2.05, 4.69) is 0 Å². The van der Waals surface area contributed by atoms with E-state index in [4.69, 9.17) is 5.73 Å². The molecule has 1 aromatic heterocycles. The number of carbonyl (C=O) groups is 2. The second kappa shape index (κ2) is 5.63. The summed E-state index contributed by atoms with van der Waals surface area (Å²) < 4.78 is 0. The second-order valence-corrected chi connectivity index (χ2v) is 5.69. The Morgan fingerprint density at radius 2 is 2.33 bits per heavy atom. The van der Waals surface area contributed by atoms with Gasteiger partial charge in [0.2, 0.25) is 5.91 Å².